The number of hydrogen-bond donors (Lipinski definition) is 2. The molecule has 2 aromatic carbocycles. The van der Waals surface area contributed by atoms with Gasteiger partial charge in [0.2, 0.25) is 5.95 Å². The lowest BCUT2D eigenvalue weighted by molar-refractivity contribution is 0.303. The Morgan fingerprint density at radius 2 is 1.79 bits per heavy atom. The molecule has 3 aromatic rings. The topological polar surface area (TPSA) is 62.8 Å². The predicted octanol–water partition coefficient (Wildman–Crippen LogP) is 4.96. The van der Waals surface area contributed by atoms with E-state index in [1.807, 2.05) is 18.2 Å². The van der Waals surface area contributed by atoms with E-state index in [0.29, 0.717) is 39.9 Å². The Balaban J connectivity index is 1.72. The molecule has 0 unspecified atom stereocenters. The molecule has 0 atom stereocenters. The number of H-pyrrole nitrogens is 1. The third-order valence-corrected chi connectivity index (χ3v) is 4.10. The van der Waals surface area contributed by atoms with Gasteiger partial charge in [0, 0.05) is 32.7 Å². The van der Waals surface area contributed by atoms with Crippen molar-refractivity contribution in [1.29, 1.82) is 0 Å². The number of benzene rings is 2. The number of aromatic amines is 1. The molecule has 0 aliphatic rings. The van der Waals surface area contributed by atoms with Gasteiger partial charge in [0.15, 0.2) is 0 Å². The zero-order valence-corrected chi connectivity index (χ0v) is 14.7. The van der Waals surface area contributed by atoms with Crippen molar-refractivity contribution in [2.45, 2.75) is 13.2 Å². The Labute approximate surface area is 153 Å². The monoisotopic (exact) mass is 382 g/mol. The van der Waals surface area contributed by atoms with Gasteiger partial charge < -0.3 is 10.1 Å². The van der Waals surface area contributed by atoms with Crippen LogP contribution in [0.1, 0.15) is 11.1 Å². The van der Waals surface area contributed by atoms with Crippen molar-refractivity contribution in [1.82, 2.24) is 15.2 Å². The van der Waals surface area contributed by atoms with Gasteiger partial charge in [-0.15, -0.1) is 0 Å². The summed E-state index contributed by atoms with van der Waals surface area (Å²) in [6.07, 6.45) is 1.43. The van der Waals surface area contributed by atoms with Crippen LogP contribution in [0.15, 0.2) is 42.7 Å². The third-order valence-electron chi connectivity index (χ3n) is 3.28. The van der Waals surface area contributed by atoms with E-state index in [9.17, 15) is 0 Å². The van der Waals surface area contributed by atoms with Crippen LogP contribution in [-0.2, 0) is 13.2 Å². The summed E-state index contributed by atoms with van der Waals surface area (Å²) >= 11 is 18.2. The van der Waals surface area contributed by atoms with Crippen molar-refractivity contribution in [3.8, 4) is 5.75 Å². The van der Waals surface area contributed by atoms with Gasteiger partial charge >= 0.3 is 0 Å². The zero-order chi connectivity index (χ0) is 16.9. The van der Waals surface area contributed by atoms with Gasteiger partial charge in [-0.1, -0.05) is 40.9 Å². The van der Waals surface area contributed by atoms with Gasteiger partial charge in [-0.3, -0.25) is 0 Å². The molecular weight excluding hydrogens is 371 g/mol. The molecule has 8 heteroatoms. The molecule has 0 radical (unpaired) electrons. The molecule has 3 rings (SSSR count). The summed E-state index contributed by atoms with van der Waals surface area (Å²) in [7, 11) is 0. The minimum atomic E-state index is 0.326. The maximum absolute atomic E-state index is 6.17. The molecule has 0 saturated heterocycles. The molecule has 124 valence electrons. The van der Waals surface area contributed by atoms with Crippen molar-refractivity contribution in [3.05, 3.63) is 68.9 Å². The SMILES string of the molecule is Clc1ccc(COc2ccc(Cl)cc2CNc2ncn[nH]2)c(Cl)c1. The molecule has 0 spiro atoms. The lowest BCUT2D eigenvalue weighted by atomic mass is 10.2. The molecule has 1 heterocycles. The highest BCUT2D eigenvalue weighted by molar-refractivity contribution is 6.35. The Kier molecular flexibility index (Phi) is 5.45. The predicted molar refractivity (Wildman–Crippen MR) is 96.0 cm³/mol. The average molecular weight is 384 g/mol. The van der Waals surface area contributed by atoms with Crippen molar-refractivity contribution in [3.63, 3.8) is 0 Å². The van der Waals surface area contributed by atoms with Gasteiger partial charge in [0.25, 0.3) is 0 Å². The first-order chi connectivity index (χ1) is 11.6. The fourth-order valence-corrected chi connectivity index (χ4v) is 2.75. The standard InChI is InChI=1S/C16H13Cl3N4O/c17-12-3-4-15(11(5-12)7-20-16-21-9-22-23-16)24-8-10-1-2-13(18)6-14(10)19/h1-6,9H,7-8H2,(H2,20,21,22,23). The Bertz CT molecular complexity index is 824. The molecule has 0 aliphatic carbocycles. The molecule has 0 amide bonds. The zero-order valence-electron chi connectivity index (χ0n) is 12.4. The van der Waals surface area contributed by atoms with Crippen molar-refractivity contribution in [2.24, 2.45) is 0 Å². The molecular formula is C16H13Cl3N4O. The maximum atomic E-state index is 6.17. The number of hydrogen-bond acceptors (Lipinski definition) is 4. The molecule has 0 aliphatic heterocycles. The second-order valence-electron chi connectivity index (χ2n) is 4.96. The van der Waals surface area contributed by atoms with E-state index in [1.54, 1.807) is 18.2 Å². The molecule has 0 saturated carbocycles. The molecule has 1 aromatic heterocycles. The number of rotatable bonds is 6. The summed E-state index contributed by atoms with van der Waals surface area (Å²) in [5, 5.41) is 11.4. The highest BCUT2D eigenvalue weighted by Crippen LogP contribution is 2.27. The second-order valence-corrected chi connectivity index (χ2v) is 6.24. The third kappa shape index (κ3) is 4.32. The minimum absolute atomic E-state index is 0.326. The molecule has 0 fully saturated rings. The van der Waals surface area contributed by atoms with Gasteiger partial charge in [-0.25, -0.2) is 10.1 Å². The smallest absolute Gasteiger partial charge is 0.218 e. The summed E-state index contributed by atoms with van der Waals surface area (Å²) in [5.41, 5.74) is 1.74. The first kappa shape index (κ1) is 16.9. The molecule has 24 heavy (non-hydrogen) atoms. The average Bonchev–Trinajstić information content (AvgIpc) is 3.07. The van der Waals surface area contributed by atoms with Crippen molar-refractivity contribution in [2.75, 3.05) is 5.32 Å². The second kappa shape index (κ2) is 7.75. The summed E-state index contributed by atoms with van der Waals surface area (Å²) < 4.78 is 5.90. The Hall–Kier alpha value is -1.95. The van der Waals surface area contributed by atoms with Crippen LogP contribution in [-0.4, -0.2) is 15.2 Å². The van der Waals surface area contributed by atoms with Crippen LogP contribution in [0.2, 0.25) is 15.1 Å². The van der Waals surface area contributed by atoms with Crippen molar-refractivity contribution < 1.29 is 4.74 Å². The summed E-state index contributed by atoms with van der Waals surface area (Å²) in [5.74, 6) is 1.28. The first-order valence-electron chi connectivity index (χ1n) is 7.06. The van der Waals surface area contributed by atoms with Crippen LogP contribution >= 0.6 is 34.8 Å². The van der Waals surface area contributed by atoms with Gasteiger partial charge in [-0.2, -0.15) is 5.10 Å². The van der Waals surface area contributed by atoms with Gasteiger partial charge in [-0.05, 0) is 30.3 Å². The highest BCUT2D eigenvalue weighted by Gasteiger charge is 2.08. The molecule has 5 nitrogen and oxygen atoms in total. The van der Waals surface area contributed by atoms with Crippen LogP contribution in [0, 0.1) is 0 Å². The quantitative estimate of drug-likeness (QED) is 0.632. The van der Waals surface area contributed by atoms with Crippen LogP contribution in [0.25, 0.3) is 0 Å². The van der Waals surface area contributed by atoms with E-state index in [2.05, 4.69) is 20.5 Å². The first-order valence-corrected chi connectivity index (χ1v) is 8.19. The summed E-state index contributed by atoms with van der Waals surface area (Å²) in [6.45, 7) is 0.812. The molecule has 2 N–H and O–H groups in total. The number of halogens is 3. The summed E-state index contributed by atoms with van der Waals surface area (Å²) in [4.78, 5) is 4.02. The fourth-order valence-electron chi connectivity index (χ4n) is 2.09. The fraction of sp³-hybridized carbons (Fsp3) is 0.125. The minimum Gasteiger partial charge on any atom is -0.488 e. The number of anilines is 1. The highest BCUT2D eigenvalue weighted by atomic mass is 35.5. The maximum Gasteiger partial charge on any atom is 0.218 e. The number of ether oxygens (including phenoxy) is 1. The number of nitrogens with one attached hydrogen (secondary N) is 2. The van der Waals surface area contributed by atoms with E-state index in [0.717, 1.165) is 11.1 Å². The van der Waals surface area contributed by atoms with E-state index in [4.69, 9.17) is 39.5 Å². The van der Waals surface area contributed by atoms with Crippen LogP contribution in [0.5, 0.6) is 5.75 Å². The molecule has 0 bridgehead atoms. The Morgan fingerprint density at radius 1 is 1.00 bits per heavy atom. The van der Waals surface area contributed by atoms with Crippen LogP contribution in [0.4, 0.5) is 5.95 Å². The number of nitrogens with zero attached hydrogens (tertiary/aromatic N) is 2. The van der Waals surface area contributed by atoms with Crippen molar-refractivity contribution >= 4 is 40.8 Å². The lowest BCUT2D eigenvalue weighted by Crippen LogP contribution is -2.05. The largest absolute Gasteiger partial charge is 0.488 e. The summed E-state index contributed by atoms with van der Waals surface area (Å²) in [6, 6.07) is 10.7. The Morgan fingerprint density at radius 3 is 2.54 bits per heavy atom. The normalized spacial score (nSPS) is 10.6. The van der Waals surface area contributed by atoms with E-state index in [-0.39, 0.29) is 0 Å². The van der Waals surface area contributed by atoms with Gasteiger partial charge in [0.1, 0.15) is 18.7 Å². The van der Waals surface area contributed by atoms with Gasteiger partial charge in [0.05, 0.1) is 0 Å². The van der Waals surface area contributed by atoms with E-state index >= 15 is 0 Å². The lowest BCUT2D eigenvalue weighted by Gasteiger charge is -2.13. The van der Waals surface area contributed by atoms with E-state index < -0.39 is 0 Å². The van der Waals surface area contributed by atoms with Crippen LogP contribution in [0.3, 0.4) is 0 Å². The van der Waals surface area contributed by atoms with E-state index in [1.165, 1.54) is 6.33 Å². The number of aromatic nitrogens is 3. The van der Waals surface area contributed by atoms with Crippen LogP contribution < -0.4 is 10.1 Å².